The molecule has 3 aromatic carbocycles. The van der Waals surface area contributed by atoms with Gasteiger partial charge in [0.2, 0.25) is 0 Å². The number of carbonyl (C=O) groups excluding carboxylic acids is 1. The average Bonchev–Trinajstić information content (AvgIpc) is 2.82. The lowest BCUT2D eigenvalue weighted by molar-refractivity contribution is 0.0989. The van der Waals surface area contributed by atoms with Crippen LogP contribution >= 0.6 is 23.2 Å². The molecule has 4 aromatic rings. The number of aromatic hydroxyl groups is 1. The molecule has 4 rings (SSSR count). The number of Topliss-reactive ketones (excluding diaryl/α,β-unsaturated/α-hetero) is 1. The van der Waals surface area contributed by atoms with E-state index in [2.05, 4.69) is 10.3 Å². The number of hydrogen-bond acceptors (Lipinski definition) is 5. The van der Waals surface area contributed by atoms with E-state index in [9.17, 15) is 9.90 Å². The zero-order valence-electron chi connectivity index (χ0n) is 17.3. The number of phenols is 1. The number of nitrogens with zero attached hydrogens (tertiary/aromatic N) is 1. The fourth-order valence-electron chi connectivity index (χ4n) is 3.51. The van der Waals surface area contributed by atoms with Crippen LogP contribution in [0.5, 0.6) is 5.75 Å². The Morgan fingerprint density at radius 1 is 1.03 bits per heavy atom. The first-order chi connectivity index (χ1) is 15.4. The van der Waals surface area contributed by atoms with E-state index in [4.69, 9.17) is 28.9 Å². The molecule has 1 heterocycles. The smallest absolute Gasteiger partial charge is 0.166 e. The highest BCUT2D eigenvalue weighted by Gasteiger charge is 2.16. The highest BCUT2D eigenvalue weighted by atomic mass is 35.5. The van der Waals surface area contributed by atoms with Gasteiger partial charge in [0, 0.05) is 30.2 Å². The van der Waals surface area contributed by atoms with Crippen LogP contribution in [0.3, 0.4) is 0 Å². The highest BCUT2D eigenvalue weighted by Crippen LogP contribution is 2.38. The van der Waals surface area contributed by atoms with Crippen LogP contribution < -0.4 is 11.1 Å². The van der Waals surface area contributed by atoms with Crippen molar-refractivity contribution in [1.29, 1.82) is 0 Å². The second-order valence-electron chi connectivity index (χ2n) is 7.37. The van der Waals surface area contributed by atoms with Crippen LogP contribution in [0.25, 0.3) is 22.0 Å². The second kappa shape index (κ2) is 9.17. The summed E-state index contributed by atoms with van der Waals surface area (Å²) in [6.07, 6.45) is 1.97. The maximum absolute atomic E-state index is 12.7. The van der Waals surface area contributed by atoms with Gasteiger partial charge in [-0.2, -0.15) is 0 Å². The molecular weight excluding hydrogens is 445 g/mol. The number of nitrogens with one attached hydrogen (secondary N) is 1. The Bertz CT molecular complexity index is 1300. The van der Waals surface area contributed by atoms with Crippen molar-refractivity contribution in [3.8, 4) is 16.9 Å². The fourth-order valence-corrected chi connectivity index (χ4v) is 4.00. The van der Waals surface area contributed by atoms with E-state index in [0.717, 1.165) is 33.3 Å². The minimum atomic E-state index is -0.154. The standard InChI is InChI=1S/C25H21Cl2N3O2/c1-2-23(31)19-13-29-22-8-5-15(16-10-20(26)25(32)21(27)11-16)9-18(22)24(19)30-17-6-3-14(12-28)4-7-17/h3-11,13,32H,2,12,28H2,1H3,(H,29,30). The van der Waals surface area contributed by atoms with Crippen molar-refractivity contribution in [1.82, 2.24) is 4.98 Å². The summed E-state index contributed by atoms with van der Waals surface area (Å²) in [6, 6.07) is 16.8. The Labute approximate surface area is 195 Å². The van der Waals surface area contributed by atoms with Crippen molar-refractivity contribution >= 4 is 51.3 Å². The largest absolute Gasteiger partial charge is 0.505 e. The van der Waals surface area contributed by atoms with Gasteiger partial charge in [-0.25, -0.2) is 0 Å². The molecule has 0 saturated carbocycles. The fraction of sp³-hybridized carbons (Fsp3) is 0.120. The number of ketones is 1. The summed E-state index contributed by atoms with van der Waals surface area (Å²) >= 11 is 12.2. The zero-order valence-corrected chi connectivity index (χ0v) is 18.8. The molecule has 4 N–H and O–H groups in total. The van der Waals surface area contributed by atoms with Crippen molar-refractivity contribution in [2.45, 2.75) is 19.9 Å². The number of pyridine rings is 1. The molecule has 162 valence electrons. The first-order valence-electron chi connectivity index (χ1n) is 10.1. The maximum atomic E-state index is 12.7. The molecule has 0 aliphatic heterocycles. The van der Waals surface area contributed by atoms with Gasteiger partial charge in [-0.05, 0) is 53.1 Å². The third kappa shape index (κ3) is 4.28. The van der Waals surface area contributed by atoms with Crippen LogP contribution in [0, 0.1) is 0 Å². The average molecular weight is 466 g/mol. The number of carbonyl (C=O) groups is 1. The van der Waals surface area contributed by atoms with Crippen LogP contribution in [-0.4, -0.2) is 15.9 Å². The number of nitrogens with two attached hydrogens (primary N) is 1. The Balaban J connectivity index is 1.89. The quantitative estimate of drug-likeness (QED) is 0.275. The Kier molecular flexibility index (Phi) is 6.33. The molecule has 0 aliphatic rings. The third-order valence-electron chi connectivity index (χ3n) is 5.30. The molecule has 7 heteroatoms. The van der Waals surface area contributed by atoms with Crippen molar-refractivity contribution in [3.05, 3.63) is 82.0 Å². The molecule has 0 radical (unpaired) electrons. The van der Waals surface area contributed by atoms with Crippen LogP contribution in [0.4, 0.5) is 11.4 Å². The number of benzene rings is 3. The number of halogens is 2. The number of anilines is 2. The first-order valence-corrected chi connectivity index (χ1v) is 10.9. The van der Waals surface area contributed by atoms with Gasteiger partial charge in [0.05, 0.1) is 26.8 Å². The maximum Gasteiger partial charge on any atom is 0.166 e. The van der Waals surface area contributed by atoms with Crippen LogP contribution in [0.2, 0.25) is 10.0 Å². The van der Waals surface area contributed by atoms with Crippen molar-refractivity contribution in [2.75, 3.05) is 5.32 Å². The normalized spacial score (nSPS) is 11.0. The molecule has 0 unspecified atom stereocenters. The molecular formula is C25H21Cl2N3O2. The summed E-state index contributed by atoms with van der Waals surface area (Å²) in [5, 5.41) is 14.4. The Morgan fingerprint density at radius 2 is 1.72 bits per heavy atom. The summed E-state index contributed by atoms with van der Waals surface area (Å²) < 4.78 is 0. The lowest BCUT2D eigenvalue weighted by Gasteiger charge is -2.15. The number of phenolic OH excluding ortho intramolecular Hbond substituents is 1. The monoisotopic (exact) mass is 465 g/mol. The molecule has 32 heavy (non-hydrogen) atoms. The molecule has 0 bridgehead atoms. The topological polar surface area (TPSA) is 88.2 Å². The van der Waals surface area contributed by atoms with E-state index in [1.807, 2.05) is 49.4 Å². The summed E-state index contributed by atoms with van der Waals surface area (Å²) in [4.78, 5) is 17.2. The van der Waals surface area contributed by atoms with Crippen molar-refractivity contribution in [3.63, 3.8) is 0 Å². The van der Waals surface area contributed by atoms with E-state index in [1.54, 1.807) is 18.3 Å². The minimum absolute atomic E-state index is 0.0124. The van der Waals surface area contributed by atoms with Gasteiger partial charge in [-0.1, -0.05) is 48.3 Å². The number of hydrogen-bond donors (Lipinski definition) is 3. The van der Waals surface area contributed by atoms with Gasteiger partial charge in [-0.15, -0.1) is 0 Å². The molecule has 1 aromatic heterocycles. The van der Waals surface area contributed by atoms with E-state index in [1.165, 1.54) is 0 Å². The number of rotatable bonds is 6. The van der Waals surface area contributed by atoms with E-state index in [-0.39, 0.29) is 21.6 Å². The van der Waals surface area contributed by atoms with Gasteiger partial charge in [0.1, 0.15) is 0 Å². The van der Waals surface area contributed by atoms with Gasteiger partial charge < -0.3 is 16.2 Å². The molecule has 0 atom stereocenters. The van der Waals surface area contributed by atoms with E-state index in [0.29, 0.717) is 24.2 Å². The van der Waals surface area contributed by atoms with Gasteiger partial charge in [0.25, 0.3) is 0 Å². The Hall–Kier alpha value is -3.12. The van der Waals surface area contributed by atoms with Crippen molar-refractivity contribution in [2.24, 2.45) is 5.73 Å². The minimum Gasteiger partial charge on any atom is -0.505 e. The number of fused-ring (bicyclic) bond motifs is 1. The van der Waals surface area contributed by atoms with Crippen LogP contribution in [0.1, 0.15) is 29.3 Å². The predicted octanol–water partition coefficient (Wildman–Crippen LogP) is 6.71. The van der Waals surface area contributed by atoms with Gasteiger partial charge >= 0.3 is 0 Å². The lowest BCUT2D eigenvalue weighted by Crippen LogP contribution is -2.05. The second-order valence-corrected chi connectivity index (χ2v) is 8.18. The zero-order chi connectivity index (χ0) is 22.8. The predicted molar refractivity (Wildman–Crippen MR) is 131 cm³/mol. The van der Waals surface area contributed by atoms with Crippen LogP contribution in [-0.2, 0) is 6.54 Å². The molecule has 0 spiro atoms. The Morgan fingerprint density at radius 3 is 2.34 bits per heavy atom. The van der Waals surface area contributed by atoms with Crippen LogP contribution in [0.15, 0.2) is 60.8 Å². The van der Waals surface area contributed by atoms with E-state index < -0.39 is 0 Å². The molecule has 0 fully saturated rings. The van der Waals surface area contributed by atoms with E-state index >= 15 is 0 Å². The molecule has 5 nitrogen and oxygen atoms in total. The first kappa shape index (κ1) is 22.1. The molecule has 0 amide bonds. The van der Waals surface area contributed by atoms with Crippen molar-refractivity contribution < 1.29 is 9.90 Å². The summed E-state index contributed by atoms with van der Waals surface area (Å²) in [7, 11) is 0. The lowest BCUT2D eigenvalue weighted by atomic mass is 9.99. The third-order valence-corrected chi connectivity index (χ3v) is 5.87. The summed E-state index contributed by atoms with van der Waals surface area (Å²) in [5.74, 6) is -0.166. The number of aromatic nitrogens is 1. The van der Waals surface area contributed by atoms with Gasteiger partial charge in [-0.3, -0.25) is 9.78 Å². The summed E-state index contributed by atoms with van der Waals surface area (Å²) in [6.45, 7) is 2.28. The van der Waals surface area contributed by atoms with Gasteiger partial charge in [0.15, 0.2) is 11.5 Å². The molecule has 0 saturated heterocycles. The highest BCUT2D eigenvalue weighted by molar-refractivity contribution is 6.37. The summed E-state index contributed by atoms with van der Waals surface area (Å²) in [5.41, 5.74) is 11.1. The SMILES string of the molecule is CCC(=O)c1cnc2ccc(-c3cc(Cl)c(O)c(Cl)c3)cc2c1Nc1ccc(CN)cc1. The molecule has 0 aliphatic carbocycles.